The van der Waals surface area contributed by atoms with Gasteiger partial charge in [0, 0.05) is 43.1 Å². The number of carbonyl (C=O) groups excluding carboxylic acids is 2. The molecule has 0 radical (unpaired) electrons. The Bertz CT molecular complexity index is 786. The maximum absolute atomic E-state index is 13.3. The number of fused-ring (bicyclic) bond motifs is 1. The molecule has 6 heteroatoms. The summed E-state index contributed by atoms with van der Waals surface area (Å²) in [5.41, 5.74) is 2.09. The first kappa shape index (κ1) is 19.0. The Kier molecular flexibility index (Phi) is 5.13. The van der Waals surface area contributed by atoms with E-state index in [1.165, 1.54) is 5.56 Å². The van der Waals surface area contributed by atoms with E-state index in [1.54, 1.807) is 4.90 Å². The van der Waals surface area contributed by atoms with Crippen molar-refractivity contribution >= 4 is 23.5 Å². The number of rotatable bonds is 4. The van der Waals surface area contributed by atoms with Crippen LogP contribution >= 0.6 is 0 Å². The van der Waals surface area contributed by atoms with E-state index < -0.39 is 5.97 Å². The summed E-state index contributed by atoms with van der Waals surface area (Å²) in [5, 5.41) is 8.84. The highest BCUT2D eigenvalue weighted by molar-refractivity contribution is 5.96. The number of benzene rings is 1. The largest absolute Gasteiger partial charge is 0.481 e. The fraction of sp³-hybridized carbons (Fsp3) is 0.591. The number of hydrogen-bond acceptors (Lipinski definition) is 3. The first-order valence-corrected chi connectivity index (χ1v) is 10.4. The molecule has 0 aromatic heterocycles. The van der Waals surface area contributed by atoms with Gasteiger partial charge in [-0.15, -0.1) is 0 Å². The maximum atomic E-state index is 13.3. The van der Waals surface area contributed by atoms with Gasteiger partial charge in [0.25, 0.3) is 0 Å². The van der Waals surface area contributed by atoms with Crippen LogP contribution in [0.2, 0.25) is 0 Å². The summed E-state index contributed by atoms with van der Waals surface area (Å²) >= 11 is 0. The van der Waals surface area contributed by atoms with Gasteiger partial charge in [-0.25, -0.2) is 0 Å². The zero-order chi connectivity index (χ0) is 19.7. The Hall–Kier alpha value is -2.37. The van der Waals surface area contributed by atoms with E-state index in [9.17, 15) is 14.4 Å². The van der Waals surface area contributed by atoms with Crippen LogP contribution < -0.4 is 4.90 Å². The molecule has 3 aliphatic rings. The Morgan fingerprint density at radius 3 is 2.57 bits per heavy atom. The molecular weight excluding hydrogens is 356 g/mol. The van der Waals surface area contributed by atoms with Crippen molar-refractivity contribution < 1.29 is 19.5 Å². The van der Waals surface area contributed by atoms with Gasteiger partial charge in [-0.1, -0.05) is 31.0 Å². The molecule has 2 heterocycles. The van der Waals surface area contributed by atoms with Gasteiger partial charge in [-0.05, 0) is 37.3 Å². The van der Waals surface area contributed by atoms with Crippen LogP contribution in [-0.2, 0) is 20.8 Å². The molecule has 2 fully saturated rings. The van der Waals surface area contributed by atoms with Crippen molar-refractivity contribution in [3.63, 3.8) is 0 Å². The molecule has 1 aliphatic carbocycles. The number of anilines is 1. The lowest BCUT2D eigenvalue weighted by Crippen LogP contribution is -2.49. The van der Waals surface area contributed by atoms with E-state index in [1.807, 2.05) is 23.1 Å². The summed E-state index contributed by atoms with van der Waals surface area (Å²) in [5.74, 6) is -0.674. The zero-order valence-electron chi connectivity index (χ0n) is 16.2. The van der Waals surface area contributed by atoms with Crippen molar-refractivity contribution in [2.24, 2.45) is 11.3 Å². The highest BCUT2D eigenvalue weighted by Gasteiger charge is 2.46. The van der Waals surface area contributed by atoms with Crippen molar-refractivity contribution in [3.8, 4) is 0 Å². The summed E-state index contributed by atoms with van der Waals surface area (Å²) in [7, 11) is 0. The number of carboxylic acid groups (broad SMARTS) is 1. The van der Waals surface area contributed by atoms with Gasteiger partial charge >= 0.3 is 5.97 Å². The van der Waals surface area contributed by atoms with Gasteiger partial charge < -0.3 is 14.9 Å². The fourth-order valence-electron chi connectivity index (χ4n) is 5.19. The van der Waals surface area contributed by atoms with Crippen LogP contribution in [-0.4, -0.2) is 47.4 Å². The van der Waals surface area contributed by atoms with Crippen molar-refractivity contribution in [1.29, 1.82) is 0 Å². The second-order valence-corrected chi connectivity index (χ2v) is 8.67. The van der Waals surface area contributed by atoms with E-state index in [0.717, 1.165) is 44.2 Å². The monoisotopic (exact) mass is 384 g/mol. The van der Waals surface area contributed by atoms with Gasteiger partial charge in [0.05, 0.1) is 6.42 Å². The molecule has 6 nitrogen and oxygen atoms in total. The molecule has 1 atom stereocenters. The zero-order valence-corrected chi connectivity index (χ0v) is 16.2. The minimum absolute atomic E-state index is 0.0483. The van der Waals surface area contributed by atoms with Crippen LogP contribution in [0.25, 0.3) is 0 Å². The number of amides is 2. The third-order valence-corrected chi connectivity index (χ3v) is 6.66. The number of carbonyl (C=O) groups is 3. The van der Waals surface area contributed by atoms with Crippen molar-refractivity contribution in [3.05, 3.63) is 29.8 Å². The van der Waals surface area contributed by atoms with Gasteiger partial charge in [0.2, 0.25) is 11.8 Å². The summed E-state index contributed by atoms with van der Waals surface area (Å²) < 4.78 is 0. The summed E-state index contributed by atoms with van der Waals surface area (Å²) in [6.07, 6.45) is 5.85. The highest BCUT2D eigenvalue weighted by Crippen LogP contribution is 2.44. The molecule has 1 unspecified atom stereocenters. The first-order chi connectivity index (χ1) is 13.5. The second kappa shape index (κ2) is 7.57. The Morgan fingerprint density at radius 2 is 1.82 bits per heavy atom. The van der Waals surface area contributed by atoms with Crippen LogP contribution in [0.5, 0.6) is 0 Å². The van der Waals surface area contributed by atoms with Gasteiger partial charge in [-0.2, -0.15) is 0 Å². The predicted octanol–water partition coefficient (Wildman–Crippen LogP) is 2.85. The average Bonchev–Trinajstić information content (AvgIpc) is 3.35. The van der Waals surface area contributed by atoms with Gasteiger partial charge in [-0.3, -0.25) is 14.4 Å². The third kappa shape index (κ3) is 3.64. The van der Waals surface area contributed by atoms with Gasteiger partial charge in [0.1, 0.15) is 0 Å². The average molecular weight is 384 g/mol. The quantitative estimate of drug-likeness (QED) is 0.866. The lowest BCUT2D eigenvalue weighted by atomic mass is 9.76. The molecule has 4 rings (SSSR count). The van der Waals surface area contributed by atoms with Crippen LogP contribution in [0.1, 0.15) is 50.5 Å². The summed E-state index contributed by atoms with van der Waals surface area (Å²) in [4.78, 5) is 40.3. The van der Waals surface area contributed by atoms with E-state index >= 15 is 0 Å². The Balaban J connectivity index is 1.54. The molecule has 1 saturated heterocycles. The van der Waals surface area contributed by atoms with Crippen LogP contribution in [0.3, 0.4) is 0 Å². The standard InChI is InChI=1S/C22H28N2O4/c25-19(9-10-20(26)27)23-12-11-22(14-23)13-17-7-3-4-8-18(17)24(15-22)21(28)16-5-1-2-6-16/h3-4,7-8,16H,1-2,5-6,9-15H2,(H,26,27). The Labute approximate surface area is 165 Å². The number of para-hydroxylation sites is 1. The fourth-order valence-corrected chi connectivity index (χ4v) is 5.19. The molecule has 28 heavy (non-hydrogen) atoms. The Morgan fingerprint density at radius 1 is 1.07 bits per heavy atom. The van der Waals surface area contributed by atoms with Crippen molar-refractivity contribution in [2.75, 3.05) is 24.5 Å². The lowest BCUT2D eigenvalue weighted by Gasteiger charge is -2.42. The number of hydrogen-bond donors (Lipinski definition) is 1. The number of carboxylic acids is 1. The molecule has 1 saturated carbocycles. The molecular formula is C22H28N2O4. The molecule has 1 aromatic rings. The van der Waals surface area contributed by atoms with E-state index in [0.29, 0.717) is 19.6 Å². The first-order valence-electron chi connectivity index (χ1n) is 10.4. The van der Waals surface area contributed by atoms with Crippen molar-refractivity contribution in [2.45, 2.75) is 51.4 Å². The van der Waals surface area contributed by atoms with Crippen molar-refractivity contribution in [1.82, 2.24) is 4.90 Å². The number of likely N-dealkylation sites (tertiary alicyclic amines) is 1. The molecule has 0 bridgehead atoms. The highest BCUT2D eigenvalue weighted by atomic mass is 16.4. The number of nitrogens with zero attached hydrogens (tertiary/aromatic N) is 2. The SMILES string of the molecule is O=C(O)CCC(=O)N1CCC2(Cc3ccccc3N(C(=O)C3CCCC3)C2)C1. The molecule has 1 aromatic carbocycles. The van der Waals surface area contributed by atoms with Gasteiger partial charge in [0.15, 0.2) is 0 Å². The van der Waals surface area contributed by atoms with Crippen LogP contribution in [0.4, 0.5) is 5.69 Å². The summed E-state index contributed by atoms with van der Waals surface area (Å²) in [6.45, 7) is 1.91. The van der Waals surface area contributed by atoms with E-state index in [4.69, 9.17) is 5.11 Å². The minimum Gasteiger partial charge on any atom is -0.481 e. The third-order valence-electron chi connectivity index (χ3n) is 6.66. The van der Waals surface area contributed by atoms with E-state index in [-0.39, 0.29) is 36.0 Å². The van der Waals surface area contributed by atoms with Crippen LogP contribution in [0.15, 0.2) is 24.3 Å². The molecule has 150 valence electrons. The molecule has 1 spiro atoms. The summed E-state index contributed by atoms with van der Waals surface area (Å²) in [6, 6.07) is 8.14. The lowest BCUT2D eigenvalue weighted by molar-refractivity contribution is -0.140. The molecule has 2 amide bonds. The maximum Gasteiger partial charge on any atom is 0.303 e. The molecule has 1 N–H and O–H groups in total. The molecule has 2 aliphatic heterocycles. The van der Waals surface area contributed by atoms with Crippen LogP contribution in [0, 0.1) is 11.3 Å². The topological polar surface area (TPSA) is 77.9 Å². The predicted molar refractivity (Wildman–Crippen MR) is 105 cm³/mol. The smallest absolute Gasteiger partial charge is 0.303 e. The minimum atomic E-state index is -0.942. The second-order valence-electron chi connectivity index (χ2n) is 8.67. The van der Waals surface area contributed by atoms with E-state index in [2.05, 4.69) is 6.07 Å². The normalized spacial score (nSPS) is 24.6. The number of aliphatic carboxylic acids is 1.